The number of nitrogens with two attached hydrogens (primary N) is 1. The van der Waals surface area contributed by atoms with Crippen molar-refractivity contribution in [3.8, 4) is 0 Å². The van der Waals surface area contributed by atoms with Crippen LogP contribution in [0.3, 0.4) is 0 Å². The minimum absolute atomic E-state index is 0.00891. The Labute approximate surface area is 169 Å². The van der Waals surface area contributed by atoms with Crippen LogP contribution in [0.1, 0.15) is 36.4 Å². The number of carbonyl (C=O) groups excluding carboxylic acids is 1. The average molecular weight is 418 g/mol. The first kappa shape index (κ1) is 20.4. The molecule has 3 aromatic rings. The smallest absolute Gasteiger partial charge is 0.238 e. The third kappa shape index (κ3) is 4.76. The second kappa shape index (κ2) is 8.38. The second-order valence-electron chi connectivity index (χ2n) is 6.73. The fourth-order valence-electron chi connectivity index (χ4n) is 2.99. The van der Waals surface area contributed by atoms with Crippen LogP contribution in [-0.2, 0) is 21.2 Å². The summed E-state index contributed by atoms with van der Waals surface area (Å²) in [5.74, 6) is 0.00891. The Morgan fingerprint density at radius 1 is 1.21 bits per heavy atom. The highest BCUT2D eigenvalue weighted by atomic mass is 32.2. The van der Waals surface area contributed by atoms with Gasteiger partial charge in [-0.1, -0.05) is 24.3 Å². The van der Waals surface area contributed by atoms with Crippen LogP contribution in [0.4, 0.5) is 0 Å². The molecule has 1 atom stereocenters. The van der Waals surface area contributed by atoms with Crippen molar-refractivity contribution in [3.63, 3.8) is 0 Å². The maximum Gasteiger partial charge on any atom is 0.238 e. The molecule has 0 bridgehead atoms. The summed E-state index contributed by atoms with van der Waals surface area (Å²) in [6, 6.07) is 14.2. The number of benzene rings is 2. The number of aryl methyl sites for hydroxylation is 1. The minimum atomic E-state index is -3.77. The van der Waals surface area contributed by atoms with E-state index in [9.17, 15) is 13.2 Å². The molecule has 148 valence electrons. The van der Waals surface area contributed by atoms with Gasteiger partial charge in [0.15, 0.2) is 0 Å². The van der Waals surface area contributed by atoms with E-state index < -0.39 is 10.0 Å². The van der Waals surface area contributed by atoms with Gasteiger partial charge < -0.3 is 4.90 Å². The molecule has 0 aliphatic rings. The van der Waals surface area contributed by atoms with E-state index in [2.05, 4.69) is 4.98 Å². The molecule has 2 N–H and O–H groups in total. The third-order valence-electron chi connectivity index (χ3n) is 4.76. The van der Waals surface area contributed by atoms with E-state index in [0.29, 0.717) is 12.8 Å². The molecule has 0 saturated heterocycles. The van der Waals surface area contributed by atoms with E-state index in [1.807, 2.05) is 31.2 Å². The van der Waals surface area contributed by atoms with Crippen molar-refractivity contribution in [2.24, 2.45) is 5.14 Å². The molecule has 1 unspecified atom stereocenters. The van der Waals surface area contributed by atoms with E-state index in [4.69, 9.17) is 5.14 Å². The van der Waals surface area contributed by atoms with Gasteiger partial charge in [-0.15, -0.1) is 11.3 Å². The summed E-state index contributed by atoms with van der Waals surface area (Å²) < 4.78 is 24.2. The van der Waals surface area contributed by atoms with Crippen LogP contribution in [0.2, 0.25) is 0 Å². The van der Waals surface area contributed by atoms with Crippen LogP contribution in [0.15, 0.2) is 53.4 Å². The van der Waals surface area contributed by atoms with E-state index in [0.717, 1.165) is 27.2 Å². The maximum atomic E-state index is 12.6. The second-order valence-corrected chi connectivity index (χ2v) is 9.40. The quantitative estimate of drug-likeness (QED) is 0.637. The Morgan fingerprint density at radius 3 is 2.68 bits per heavy atom. The summed E-state index contributed by atoms with van der Waals surface area (Å²) in [6.45, 7) is 1.87. The third-order valence-corrected chi connectivity index (χ3v) is 6.77. The standard InChI is InChI=1S/C20H23N3O3S2/c1-14(15-7-5-8-16(13-15)28(21,25)26)23(2)20(24)12-6-11-19-22-17-9-3-4-10-18(17)27-19/h3-5,7-10,13-14H,6,11-12H2,1-2H3,(H2,21,25,26). The zero-order valence-electron chi connectivity index (χ0n) is 15.8. The Balaban J connectivity index is 1.59. The molecule has 0 spiro atoms. The lowest BCUT2D eigenvalue weighted by atomic mass is 10.1. The molecule has 1 aromatic heterocycles. The lowest BCUT2D eigenvalue weighted by Gasteiger charge is -2.25. The van der Waals surface area contributed by atoms with Gasteiger partial charge in [-0.25, -0.2) is 18.5 Å². The predicted molar refractivity (Wildman–Crippen MR) is 112 cm³/mol. The SMILES string of the molecule is CC(c1cccc(S(N)(=O)=O)c1)N(C)C(=O)CCCc1nc2ccccc2s1. The molecular weight excluding hydrogens is 394 g/mol. The number of hydrogen-bond acceptors (Lipinski definition) is 5. The van der Waals surface area contributed by atoms with Crippen molar-refractivity contribution in [2.75, 3.05) is 7.05 Å². The highest BCUT2D eigenvalue weighted by Crippen LogP contribution is 2.24. The Bertz CT molecular complexity index is 1060. The van der Waals surface area contributed by atoms with Gasteiger partial charge in [0.2, 0.25) is 15.9 Å². The van der Waals surface area contributed by atoms with Crippen LogP contribution >= 0.6 is 11.3 Å². The van der Waals surface area contributed by atoms with Crippen molar-refractivity contribution >= 4 is 37.5 Å². The lowest BCUT2D eigenvalue weighted by Crippen LogP contribution is -2.29. The van der Waals surface area contributed by atoms with Crippen molar-refractivity contribution < 1.29 is 13.2 Å². The number of amides is 1. The summed E-state index contributed by atoms with van der Waals surface area (Å²) >= 11 is 1.66. The Morgan fingerprint density at radius 2 is 1.96 bits per heavy atom. The highest BCUT2D eigenvalue weighted by Gasteiger charge is 2.19. The molecular formula is C20H23N3O3S2. The molecule has 0 radical (unpaired) electrons. The summed E-state index contributed by atoms with van der Waals surface area (Å²) in [7, 11) is -2.04. The number of rotatable bonds is 7. The molecule has 2 aromatic carbocycles. The summed E-state index contributed by atoms with van der Waals surface area (Å²) in [5, 5.41) is 6.23. The van der Waals surface area contributed by atoms with Gasteiger partial charge in [-0.3, -0.25) is 4.79 Å². The number of aromatic nitrogens is 1. The van der Waals surface area contributed by atoms with Crippen LogP contribution in [0.5, 0.6) is 0 Å². The maximum absolute atomic E-state index is 12.6. The monoisotopic (exact) mass is 417 g/mol. The summed E-state index contributed by atoms with van der Waals surface area (Å²) in [4.78, 5) is 18.9. The zero-order chi connectivity index (χ0) is 20.3. The molecule has 0 aliphatic heterocycles. The lowest BCUT2D eigenvalue weighted by molar-refractivity contribution is -0.131. The van der Waals surface area contributed by atoms with Gasteiger partial charge in [-0.2, -0.15) is 0 Å². The Kier molecular flexibility index (Phi) is 6.12. The van der Waals surface area contributed by atoms with E-state index in [-0.39, 0.29) is 16.8 Å². The molecule has 1 heterocycles. The van der Waals surface area contributed by atoms with Crippen LogP contribution < -0.4 is 5.14 Å². The van der Waals surface area contributed by atoms with Crippen LogP contribution in [0.25, 0.3) is 10.2 Å². The van der Waals surface area contributed by atoms with Gasteiger partial charge in [0.1, 0.15) is 0 Å². The number of carbonyl (C=O) groups is 1. The normalized spacial score (nSPS) is 12.8. The van der Waals surface area contributed by atoms with E-state index >= 15 is 0 Å². The van der Waals surface area contributed by atoms with Crippen molar-refractivity contribution in [2.45, 2.75) is 37.1 Å². The fraction of sp³-hybridized carbons (Fsp3) is 0.300. The number of fused-ring (bicyclic) bond motifs is 1. The molecule has 8 heteroatoms. The molecule has 1 amide bonds. The van der Waals surface area contributed by atoms with Crippen LogP contribution in [0, 0.1) is 0 Å². The van der Waals surface area contributed by atoms with E-state index in [1.165, 1.54) is 12.1 Å². The van der Waals surface area contributed by atoms with Gasteiger partial charge in [0, 0.05) is 13.5 Å². The van der Waals surface area contributed by atoms with Gasteiger partial charge in [0.25, 0.3) is 0 Å². The van der Waals surface area contributed by atoms with Crippen LogP contribution in [-0.4, -0.2) is 31.3 Å². The van der Waals surface area contributed by atoms with Gasteiger partial charge in [0.05, 0.1) is 26.2 Å². The highest BCUT2D eigenvalue weighted by molar-refractivity contribution is 7.89. The number of nitrogens with zero attached hydrogens (tertiary/aromatic N) is 2. The largest absolute Gasteiger partial charge is 0.339 e. The first-order valence-electron chi connectivity index (χ1n) is 8.98. The molecule has 0 saturated carbocycles. The van der Waals surface area contributed by atoms with Crippen molar-refractivity contribution in [3.05, 3.63) is 59.1 Å². The van der Waals surface area contributed by atoms with Crippen molar-refractivity contribution in [1.82, 2.24) is 9.88 Å². The predicted octanol–water partition coefficient (Wildman–Crippen LogP) is 3.49. The van der Waals surface area contributed by atoms with E-state index in [1.54, 1.807) is 35.4 Å². The molecule has 0 fully saturated rings. The average Bonchev–Trinajstić information content (AvgIpc) is 3.09. The number of hydrogen-bond donors (Lipinski definition) is 1. The van der Waals surface area contributed by atoms with Gasteiger partial charge >= 0.3 is 0 Å². The number of primary sulfonamides is 1. The number of thiazole rings is 1. The van der Waals surface area contributed by atoms with Gasteiger partial charge in [-0.05, 0) is 49.6 Å². The number of sulfonamides is 1. The minimum Gasteiger partial charge on any atom is -0.339 e. The molecule has 3 rings (SSSR count). The fourth-order valence-corrected chi connectivity index (χ4v) is 4.56. The summed E-state index contributed by atoms with van der Waals surface area (Å²) in [5.41, 5.74) is 1.72. The topological polar surface area (TPSA) is 93.4 Å². The van der Waals surface area contributed by atoms with Crippen molar-refractivity contribution in [1.29, 1.82) is 0 Å². The summed E-state index contributed by atoms with van der Waals surface area (Å²) in [6.07, 6.45) is 1.88. The Hall–Kier alpha value is -2.29. The molecule has 6 nitrogen and oxygen atoms in total. The molecule has 28 heavy (non-hydrogen) atoms. The zero-order valence-corrected chi connectivity index (χ0v) is 17.5. The number of para-hydroxylation sites is 1. The first-order valence-corrected chi connectivity index (χ1v) is 11.3. The molecule has 0 aliphatic carbocycles. The first-order chi connectivity index (χ1) is 13.3.